The Morgan fingerprint density at radius 2 is 1.90 bits per heavy atom. The molecule has 0 spiro atoms. The Morgan fingerprint density at radius 3 is 2.65 bits per heavy atom. The van der Waals surface area contributed by atoms with Gasteiger partial charge in [-0.05, 0) is 49.4 Å². The summed E-state index contributed by atoms with van der Waals surface area (Å²) in [5.74, 6) is 0.229. The minimum Gasteiger partial charge on any atom is -0.436 e. The molecule has 0 amide bonds. The molecule has 0 radical (unpaired) electrons. The zero-order valence-corrected chi connectivity index (χ0v) is 16.4. The summed E-state index contributed by atoms with van der Waals surface area (Å²) in [5.41, 5.74) is 3.68. The molecule has 0 aliphatic heterocycles. The number of hydrogen-bond donors (Lipinski definition) is 0. The highest BCUT2D eigenvalue weighted by Gasteiger charge is 2.21. The van der Waals surface area contributed by atoms with E-state index in [0.717, 1.165) is 0 Å². The Balaban J connectivity index is 1.72. The van der Waals surface area contributed by atoms with Crippen LogP contribution in [0.15, 0.2) is 71.7 Å². The van der Waals surface area contributed by atoms with Crippen LogP contribution in [0.2, 0.25) is 0 Å². The van der Waals surface area contributed by atoms with Gasteiger partial charge in [-0.15, -0.1) is 0 Å². The van der Waals surface area contributed by atoms with Crippen LogP contribution in [0.1, 0.15) is 13.0 Å². The summed E-state index contributed by atoms with van der Waals surface area (Å²) < 4.78 is 21.0. The van der Waals surface area contributed by atoms with Crippen molar-refractivity contribution in [3.63, 3.8) is 0 Å². The Morgan fingerprint density at radius 1 is 1.06 bits per heavy atom. The van der Waals surface area contributed by atoms with Gasteiger partial charge in [-0.25, -0.2) is 14.4 Å². The van der Waals surface area contributed by atoms with E-state index in [-0.39, 0.29) is 5.82 Å². The number of nitriles is 1. The molecule has 1 aromatic carbocycles. The van der Waals surface area contributed by atoms with Crippen LogP contribution in [-0.2, 0) is 0 Å². The Kier molecular flexibility index (Phi) is 4.49. The fourth-order valence-electron chi connectivity index (χ4n) is 3.35. The number of fused-ring (bicyclic) bond motifs is 1. The monoisotopic (exact) mass is 410 g/mol. The summed E-state index contributed by atoms with van der Waals surface area (Å²) in [6.45, 7) is 1.75. The van der Waals surface area contributed by atoms with Crippen molar-refractivity contribution in [1.29, 1.82) is 5.26 Å². The largest absolute Gasteiger partial charge is 0.436 e. The van der Waals surface area contributed by atoms with Crippen LogP contribution in [-0.4, -0.2) is 24.7 Å². The number of pyridine rings is 1. The van der Waals surface area contributed by atoms with Crippen LogP contribution >= 0.6 is 0 Å². The van der Waals surface area contributed by atoms with Crippen LogP contribution in [0.3, 0.4) is 0 Å². The summed E-state index contributed by atoms with van der Waals surface area (Å²) in [6.07, 6.45) is 4.87. The molecule has 150 valence electrons. The zero-order chi connectivity index (χ0) is 21.4. The van der Waals surface area contributed by atoms with Gasteiger partial charge in [0.05, 0.1) is 17.1 Å². The molecule has 1 atom stereocenters. The molecule has 31 heavy (non-hydrogen) atoms. The normalized spacial score (nSPS) is 12.0. The maximum atomic E-state index is 13.5. The highest BCUT2D eigenvalue weighted by Crippen LogP contribution is 2.36. The minimum atomic E-state index is -0.487. The molecule has 0 N–H and O–H groups in total. The van der Waals surface area contributed by atoms with E-state index in [0.29, 0.717) is 45.1 Å². The summed E-state index contributed by atoms with van der Waals surface area (Å²) in [5, 5.41) is 14.6. The summed E-state index contributed by atoms with van der Waals surface area (Å²) >= 11 is 0. The number of halogens is 1. The van der Waals surface area contributed by atoms with Crippen molar-refractivity contribution in [3.8, 4) is 40.0 Å². The number of aromatic nitrogens is 5. The van der Waals surface area contributed by atoms with Crippen molar-refractivity contribution in [2.24, 2.45) is 0 Å². The molecule has 0 saturated heterocycles. The molecule has 5 aromatic rings. The average Bonchev–Trinajstić information content (AvgIpc) is 3.44. The van der Waals surface area contributed by atoms with Crippen molar-refractivity contribution in [2.75, 3.05) is 0 Å². The smallest absolute Gasteiger partial charge is 0.230 e. The molecule has 0 aliphatic carbocycles. The second-order valence-electron chi connectivity index (χ2n) is 6.95. The first kappa shape index (κ1) is 18.6. The Bertz CT molecular complexity index is 1420. The third-order valence-corrected chi connectivity index (χ3v) is 4.94. The molecular formula is C23H15FN6O. The van der Waals surface area contributed by atoms with Crippen LogP contribution in [0.25, 0.3) is 45.1 Å². The quantitative estimate of drug-likeness (QED) is 0.412. The standard InChI is InChI=1S/C23H15FN6O/c1-14(11-25)30-12-18(21(29-30)15-5-7-16(24)8-6-15)22-17-10-20(19-4-2-3-9-26-19)31-23(17)28-13-27-22/h2-10,12-14H,1H3. The van der Waals surface area contributed by atoms with Gasteiger partial charge in [-0.2, -0.15) is 10.4 Å². The van der Waals surface area contributed by atoms with E-state index in [1.807, 2.05) is 24.3 Å². The lowest BCUT2D eigenvalue weighted by Gasteiger charge is -2.03. The molecule has 8 heteroatoms. The fourth-order valence-corrected chi connectivity index (χ4v) is 3.35. The van der Waals surface area contributed by atoms with Gasteiger partial charge < -0.3 is 4.42 Å². The molecule has 4 aromatic heterocycles. The average molecular weight is 410 g/mol. The first-order chi connectivity index (χ1) is 15.1. The predicted octanol–water partition coefficient (Wildman–Crippen LogP) is 5.04. The topological polar surface area (TPSA) is 93.4 Å². The lowest BCUT2D eigenvalue weighted by molar-refractivity contribution is 0.593. The number of rotatable bonds is 4. The molecule has 0 aliphatic rings. The molecule has 0 bridgehead atoms. The summed E-state index contributed by atoms with van der Waals surface area (Å²) in [6, 6.07) is 15.1. The van der Waals surface area contributed by atoms with E-state index in [1.54, 1.807) is 36.1 Å². The van der Waals surface area contributed by atoms with Gasteiger partial charge >= 0.3 is 0 Å². The van der Waals surface area contributed by atoms with E-state index in [4.69, 9.17) is 4.42 Å². The Hall–Kier alpha value is -4.38. The van der Waals surface area contributed by atoms with E-state index >= 15 is 0 Å². The lowest BCUT2D eigenvalue weighted by atomic mass is 10.0. The van der Waals surface area contributed by atoms with E-state index in [9.17, 15) is 9.65 Å². The molecule has 4 heterocycles. The first-order valence-corrected chi connectivity index (χ1v) is 9.55. The second-order valence-corrected chi connectivity index (χ2v) is 6.95. The van der Waals surface area contributed by atoms with Gasteiger partial charge in [0.15, 0.2) is 5.76 Å². The summed E-state index contributed by atoms with van der Waals surface area (Å²) in [4.78, 5) is 13.1. The maximum Gasteiger partial charge on any atom is 0.230 e. The summed E-state index contributed by atoms with van der Waals surface area (Å²) in [7, 11) is 0. The third kappa shape index (κ3) is 3.32. The van der Waals surface area contributed by atoms with Crippen molar-refractivity contribution >= 4 is 11.1 Å². The minimum absolute atomic E-state index is 0.339. The SMILES string of the molecule is CC(C#N)n1cc(-c2ncnc3oc(-c4ccccn4)cc23)c(-c2ccc(F)cc2)n1. The maximum absolute atomic E-state index is 13.5. The van der Waals surface area contributed by atoms with Gasteiger partial charge in [0, 0.05) is 23.5 Å². The van der Waals surface area contributed by atoms with Gasteiger partial charge in [-0.3, -0.25) is 9.67 Å². The lowest BCUT2D eigenvalue weighted by Crippen LogP contribution is -2.02. The predicted molar refractivity (Wildman–Crippen MR) is 112 cm³/mol. The van der Waals surface area contributed by atoms with Gasteiger partial charge in [-0.1, -0.05) is 6.07 Å². The van der Waals surface area contributed by atoms with Crippen LogP contribution < -0.4 is 0 Å². The van der Waals surface area contributed by atoms with Gasteiger partial charge in [0.25, 0.3) is 0 Å². The molecule has 1 unspecified atom stereocenters. The van der Waals surface area contributed by atoms with Gasteiger partial charge in [0.1, 0.15) is 29.6 Å². The van der Waals surface area contributed by atoms with Crippen LogP contribution in [0, 0.1) is 17.1 Å². The highest BCUT2D eigenvalue weighted by atomic mass is 19.1. The number of hydrogen-bond acceptors (Lipinski definition) is 6. The highest BCUT2D eigenvalue weighted by molar-refractivity contribution is 5.95. The van der Waals surface area contributed by atoms with E-state index in [2.05, 4.69) is 26.1 Å². The third-order valence-electron chi connectivity index (χ3n) is 4.94. The number of nitrogens with zero attached hydrogens (tertiary/aromatic N) is 6. The van der Waals surface area contributed by atoms with Crippen LogP contribution in [0.4, 0.5) is 4.39 Å². The Labute approximate surface area is 176 Å². The van der Waals surface area contributed by atoms with E-state index < -0.39 is 6.04 Å². The van der Waals surface area contributed by atoms with Crippen molar-refractivity contribution in [2.45, 2.75) is 13.0 Å². The molecular weight excluding hydrogens is 395 g/mol. The van der Waals surface area contributed by atoms with E-state index in [1.165, 1.54) is 18.5 Å². The van der Waals surface area contributed by atoms with Crippen LogP contribution in [0.5, 0.6) is 0 Å². The molecule has 7 nitrogen and oxygen atoms in total. The molecule has 5 rings (SSSR count). The van der Waals surface area contributed by atoms with Crippen molar-refractivity contribution in [3.05, 3.63) is 73.1 Å². The zero-order valence-electron chi connectivity index (χ0n) is 16.4. The molecule has 0 fully saturated rings. The van der Waals surface area contributed by atoms with Gasteiger partial charge in [0.2, 0.25) is 5.71 Å². The second kappa shape index (κ2) is 7.46. The first-order valence-electron chi connectivity index (χ1n) is 9.55. The van der Waals surface area contributed by atoms with Crippen molar-refractivity contribution in [1.82, 2.24) is 24.7 Å². The van der Waals surface area contributed by atoms with Crippen molar-refractivity contribution < 1.29 is 8.81 Å². The molecule has 0 saturated carbocycles. The fraction of sp³-hybridized carbons (Fsp3) is 0.0870. The number of benzene rings is 1. The number of furan rings is 1.